The molecule has 112 valence electrons. The Balaban J connectivity index is 2.15. The highest BCUT2D eigenvalue weighted by atomic mass is 32.2. The van der Waals surface area contributed by atoms with Crippen LogP contribution in [0.15, 0.2) is 39.6 Å². The van der Waals surface area contributed by atoms with Gasteiger partial charge in [-0.15, -0.1) is 0 Å². The predicted octanol–water partition coefficient (Wildman–Crippen LogP) is 1.73. The molecule has 0 saturated carbocycles. The Labute approximate surface area is 118 Å². The number of carboxylic acids is 1. The van der Waals surface area contributed by atoms with Crippen molar-refractivity contribution in [2.45, 2.75) is 11.4 Å². The van der Waals surface area contributed by atoms with Crippen LogP contribution in [0.2, 0.25) is 0 Å². The molecule has 6 nitrogen and oxygen atoms in total. The van der Waals surface area contributed by atoms with Gasteiger partial charge >= 0.3 is 5.97 Å². The summed E-state index contributed by atoms with van der Waals surface area (Å²) in [6.07, 6.45) is 0. The fraction of sp³-hybridized carbons (Fsp3) is 0.0833. The first-order chi connectivity index (χ1) is 9.78. The Morgan fingerprint density at radius 1 is 1.19 bits per heavy atom. The van der Waals surface area contributed by atoms with E-state index in [1.165, 1.54) is 6.07 Å². The van der Waals surface area contributed by atoms with E-state index in [-0.39, 0.29) is 18.1 Å². The number of hydrogen-bond donors (Lipinski definition) is 2. The van der Waals surface area contributed by atoms with E-state index in [1.54, 1.807) is 0 Å². The predicted molar refractivity (Wildman–Crippen MR) is 66.1 cm³/mol. The summed E-state index contributed by atoms with van der Waals surface area (Å²) in [5, 5.41) is 8.65. The summed E-state index contributed by atoms with van der Waals surface area (Å²) in [6.45, 7) is -0.353. The van der Waals surface area contributed by atoms with Crippen LogP contribution in [0.3, 0.4) is 0 Å². The van der Waals surface area contributed by atoms with Gasteiger partial charge in [0.25, 0.3) is 0 Å². The number of aromatic carboxylic acids is 1. The molecule has 0 aliphatic carbocycles. The third-order valence-electron chi connectivity index (χ3n) is 2.46. The second kappa shape index (κ2) is 5.62. The fourth-order valence-electron chi connectivity index (χ4n) is 1.52. The van der Waals surface area contributed by atoms with Gasteiger partial charge in [-0.05, 0) is 24.3 Å². The van der Waals surface area contributed by atoms with Crippen molar-refractivity contribution in [1.29, 1.82) is 0 Å². The zero-order valence-electron chi connectivity index (χ0n) is 10.3. The van der Waals surface area contributed by atoms with Crippen LogP contribution in [0, 0.1) is 11.6 Å². The SMILES string of the molecule is O=C(O)c1ccc(CNS(=O)(=O)c2cc(F)cc(F)c2)o1. The normalized spacial score (nSPS) is 11.5. The number of carboxylic acid groups (broad SMARTS) is 1. The molecular formula is C12H9F2NO5S. The van der Waals surface area contributed by atoms with E-state index in [0.29, 0.717) is 18.2 Å². The highest BCUT2D eigenvalue weighted by molar-refractivity contribution is 7.89. The maximum atomic E-state index is 13.0. The monoisotopic (exact) mass is 317 g/mol. The van der Waals surface area contributed by atoms with Crippen molar-refractivity contribution in [2.24, 2.45) is 0 Å². The van der Waals surface area contributed by atoms with Crippen molar-refractivity contribution in [1.82, 2.24) is 4.72 Å². The molecule has 2 aromatic rings. The summed E-state index contributed by atoms with van der Waals surface area (Å²) in [5.74, 6) is -3.65. The van der Waals surface area contributed by atoms with Gasteiger partial charge in [-0.2, -0.15) is 0 Å². The van der Waals surface area contributed by atoms with E-state index in [0.717, 1.165) is 6.07 Å². The van der Waals surface area contributed by atoms with Crippen LogP contribution in [-0.2, 0) is 16.6 Å². The van der Waals surface area contributed by atoms with Crippen LogP contribution >= 0.6 is 0 Å². The standard InChI is InChI=1S/C12H9F2NO5S/c13-7-3-8(14)5-10(4-7)21(18,19)15-6-9-1-2-11(20-9)12(16)17/h1-5,15H,6H2,(H,16,17). The van der Waals surface area contributed by atoms with Crippen molar-refractivity contribution in [3.63, 3.8) is 0 Å². The molecule has 0 fully saturated rings. The third-order valence-corrected chi connectivity index (χ3v) is 3.84. The lowest BCUT2D eigenvalue weighted by atomic mass is 10.3. The number of halogens is 2. The first-order valence-electron chi connectivity index (χ1n) is 5.56. The average Bonchev–Trinajstić information content (AvgIpc) is 2.84. The zero-order chi connectivity index (χ0) is 15.6. The Kier molecular flexibility index (Phi) is 4.05. The number of nitrogens with one attached hydrogen (secondary N) is 1. The van der Waals surface area contributed by atoms with Gasteiger partial charge in [-0.3, -0.25) is 0 Å². The number of benzene rings is 1. The first-order valence-corrected chi connectivity index (χ1v) is 7.04. The number of sulfonamides is 1. The first kappa shape index (κ1) is 15.1. The Morgan fingerprint density at radius 2 is 1.81 bits per heavy atom. The second-order valence-corrected chi connectivity index (χ2v) is 5.77. The molecule has 21 heavy (non-hydrogen) atoms. The molecule has 1 heterocycles. The summed E-state index contributed by atoms with van der Waals surface area (Å²) in [7, 11) is -4.15. The molecule has 0 saturated heterocycles. The molecule has 0 radical (unpaired) electrons. The smallest absolute Gasteiger partial charge is 0.371 e. The van der Waals surface area contributed by atoms with Crippen LogP contribution < -0.4 is 4.72 Å². The molecule has 0 aliphatic rings. The molecule has 0 bridgehead atoms. The van der Waals surface area contributed by atoms with Crippen molar-refractivity contribution < 1.29 is 31.5 Å². The van der Waals surface area contributed by atoms with Crippen LogP contribution in [0.1, 0.15) is 16.3 Å². The molecular weight excluding hydrogens is 308 g/mol. The molecule has 0 unspecified atom stereocenters. The van der Waals surface area contributed by atoms with Gasteiger partial charge in [-0.1, -0.05) is 0 Å². The highest BCUT2D eigenvalue weighted by Gasteiger charge is 2.17. The van der Waals surface area contributed by atoms with Crippen molar-refractivity contribution in [3.05, 3.63) is 53.5 Å². The van der Waals surface area contributed by atoms with Gasteiger partial charge in [0.2, 0.25) is 15.8 Å². The number of furan rings is 1. The van der Waals surface area contributed by atoms with E-state index in [4.69, 9.17) is 9.52 Å². The second-order valence-electron chi connectivity index (χ2n) is 4.00. The molecule has 2 rings (SSSR count). The summed E-state index contributed by atoms with van der Waals surface area (Å²) >= 11 is 0. The van der Waals surface area contributed by atoms with Crippen molar-refractivity contribution >= 4 is 16.0 Å². The van der Waals surface area contributed by atoms with Crippen LogP contribution in [0.5, 0.6) is 0 Å². The minimum atomic E-state index is -4.15. The maximum Gasteiger partial charge on any atom is 0.371 e. The summed E-state index contributed by atoms with van der Waals surface area (Å²) in [5.41, 5.74) is 0. The van der Waals surface area contributed by atoms with E-state index in [1.807, 2.05) is 0 Å². The highest BCUT2D eigenvalue weighted by Crippen LogP contribution is 2.14. The molecule has 0 spiro atoms. The molecule has 0 atom stereocenters. The molecule has 1 aromatic carbocycles. The largest absolute Gasteiger partial charge is 0.475 e. The van der Waals surface area contributed by atoms with Gasteiger partial charge in [0.15, 0.2) is 0 Å². The molecule has 0 amide bonds. The van der Waals surface area contributed by atoms with E-state index < -0.39 is 32.5 Å². The van der Waals surface area contributed by atoms with Gasteiger partial charge in [0.05, 0.1) is 11.4 Å². The van der Waals surface area contributed by atoms with Crippen molar-refractivity contribution in [2.75, 3.05) is 0 Å². The lowest BCUT2D eigenvalue weighted by Gasteiger charge is -2.05. The maximum absolute atomic E-state index is 13.0. The topological polar surface area (TPSA) is 96.6 Å². The number of hydrogen-bond acceptors (Lipinski definition) is 4. The van der Waals surface area contributed by atoms with Crippen LogP contribution in [-0.4, -0.2) is 19.5 Å². The van der Waals surface area contributed by atoms with E-state index >= 15 is 0 Å². The van der Waals surface area contributed by atoms with Gasteiger partial charge in [-0.25, -0.2) is 26.7 Å². The summed E-state index contributed by atoms with van der Waals surface area (Å²) < 4.78 is 56.6. The quantitative estimate of drug-likeness (QED) is 0.875. The van der Waals surface area contributed by atoms with Gasteiger partial charge < -0.3 is 9.52 Å². The van der Waals surface area contributed by atoms with E-state index in [9.17, 15) is 22.0 Å². The zero-order valence-corrected chi connectivity index (χ0v) is 11.2. The van der Waals surface area contributed by atoms with Crippen molar-refractivity contribution in [3.8, 4) is 0 Å². The average molecular weight is 317 g/mol. The summed E-state index contributed by atoms with van der Waals surface area (Å²) in [6, 6.07) is 4.31. The molecule has 1 aromatic heterocycles. The van der Waals surface area contributed by atoms with Crippen LogP contribution in [0.4, 0.5) is 8.78 Å². The van der Waals surface area contributed by atoms with Gasteiger partial charge in [0.1, 0.15) is 17.4 Å². The fourth-order valence-corrected chi connectivity index (χ4v) is 2.56. The number of carbonyl (C=O) groups is 1. The third kappa shape index (κ3) is 3.64. The Morgan fingerprint density at radius 3 is 2.33 bits per heavy atom. The Bertz CT molecular complexity index is 764. The lowest BCUT2D eigenvalue weighted by molar-refractivity contribution is 0.0660. The van der Waals surface area contributed by atoms with Crippen LogP contribution in [0.25, 0.3) is 0 Å². The number of rotatable bonds is 5. The lowest BCUT2D eigenvalue weighted by Crippen LogP contribution is -2.23. The minimum absolute atomic E-state index is 0.0489. The molecule has 0 aliphatic heterocycles. The Hall–Kier alpha value is -2.26. The molecule has 9 heteroatoms. The van der Waals surface area contributed by atoms with Gasteiger partial charge in [0, 0.05) is 6.07 Å². The van der Waals surface area contributed by atoms with E-state index in [2.05, 4.69) is 4.72 Å². The molecule has 2 N–H and O–H groups in total. The minimum Gasteiger partial charge on any atom is -0.475 e. The summed E-state index contributed by atoms with van der Waals surface area (Å²) in [4.78, 5) is 10.0.